The zero-order chi connectivity index (χ0) is 22.9. The van der Waals surface area contributed by atoms with E-state index in [9.17, 15) is 13.2 Å². The molecule has 2 aliphatic rings. The van der Waals surface area contributed by atoms with Gasteiger partial charge in [-0.15, -0.1) is 0 Å². The molecule has 1 aliphatic heterocycles. The molecule has 0 unspecified atom stereocenters. The summed E-state index contributed by atoms with van der Waals surface area (Å²) in [4.78, 5) is 18.0. The molecule has 0 amide bonds. The molecule has 1 aromatic carbocycles. The lowest BCUT2D eigenvalue weighted by atomic mass is 9.92. The van der Waals surface area contributed by atoms with E-state index in [1.165, 1.54) is 19.0 Å². The highest BCUT2D eigenvalue weighted by Gasteiger charge is 2.44. The van der Waals surface area contributed by atoms with Gasteiger partial charge < -0.3 is 14.5 Å². The molecule has 6 nitrogen and oxygen atoms in total. The number of aromatic amines is 1. The molecule has 3 aromatic rings. The molecule has 0 radical (unpaired) electrons. The van der Waals surface area contributed by atoms with Gasteiger partial charge in [-0.05, 0) is 55.4 Å². The Morgan fingerprint density at radius 3 is 2.52 bits per heavy atom. The van der Waals surface area contributed by atoms with E-state index >= 15 is 0 Å². The number of aryl methyl sites for hydroxylation is 1. The van der Waals surface area contributed by atoms with Crippen LogP contribution >= 0.6 is 0 Å². The van der Waals surface area contributed by atoms with E-state index in [0.29, 0.717) is 21.9 Å². The highest BCUT2D eigenvalue weighted by molar-refractivity contribution is 7.90. The van der Waals surface area contributed by atoms with Crippen molar-refractivity contribution in [2.24, 2.45) is 12.4 Å². The number of aromatic nitrogens is 2. The first kappa shape index (κ1) is 15.3. The molecular weight excluding hydrogens is 386 g/mol. The lowest BCUT2D eigenvalue weighted by Gasteiger charge is -2.35. The maximum Gasteiger partial charge on any atom is 0.274 e. The molecule has 0 atom stereocenters. The predicted molar refractivity (Wildman–Crippen MR) is 115 cm³/mol. The van der Waals surface area contributed by atoms with E-state index in [0.717, 1.165) is 42.4 Å². The van der Waals surface area contributed by atoms with Gasteiger partial charge in [-0.1, -0.05) is 0 Å². The van der Waals surface area contributed by atoms with Crippen molar-refractivity contribution in [2.75, 3.05) is 24.2 Å². The monoisotopic (exact) mass is 414 g/mol. The molecule has 1 N–H and O–H groups in total. The fourth-order valence-corrected chi connectivity index (χ4v) is 5.15. The Morgan fingerprint density at radius 1 is 1.10 bits per heavy atom. The van der Waals surface area contributed by atoms with Crippen LogP contribution in [0.25, 0.3) is 22.0 Å². The van der Waals surface area contributed by atoms with Crippen molar-refractivity contribution < 1.29 is 12.5 Å². The molecule has 152 valence electrons. The Bertz CT molecular complexity index is 1370. The molecule has 29 heavy (non-hydrogen) atoms. The van der Waals surface area contributed by atoms with Crippen molar-refractivity contribution in [3.05, 3.63) is 47.0 Å². The molecule has 5 rings (SSSR count). The van der Waals surface area contributed by atoms with Crippen molar-refractivity contribution in [2.45, 2.75) is 30.6 Å². The van der Waals surface area contributed by atoms with Gasteiger partial charge in [0, 0.05) is 65.0 Å². The van der Waals surface area contributed by atoms with E-state index in [1.54, 1.807) is 30.5 Å². The maximum absolute atomic E-state index is 12.8. The van der Waals surface area contributed by atoms with Crippen LogP contribution in [-0.2, 0) is 16.8 Å². The third kappa shape index (κ3) is 3.08. The highest BCUT2D eigenvalue weighted by Crippen LogP contribution is 2.54. The van der Waals surface area contributed by atoms with Gasteiger partial charge in [0.1, 0.15) is 5.52 Å². The molecule has 1 saturated carbocycles. The van der Waals surface area contributed by atoms with Gasteiger partial charge in [0.25, 0.3) is 5.56 Å². The third-order valence-corrected chi connectivity index (χ3v) is 7.65. The van der Waals surface area contributed by atoms with Gasteiger partial charge in [-0.2, -0.15) is 0 Å². The molecule has 1 spiro atoms. The fraction of sp³-hybridized carbons (Fsp3) is 0.409. The molecular formula is C22H25N3O3S. The number of benzene rings is 1. The number of hydrogen-bond acceptors (Lipinski definition) is 4. The summed E-state index contributed by atoms with van der Waals surface area (Å²) in [5.74, 6) is 0. The van der Waals surface area contributed by atoms with Gasteiger partial charge in [-0.3, -0.25) is 4.79 Å². The fourth-order valence-electron chi connectivity index (χ4n) is 4.50. The first-order valence-electron chi connectivity index (χ1n) is 11.3. The van der Waals surface area contributed by atoms with Crippen LogP contribution in [0.2, 0.25) is 0 Å². The summed E-state index contributed by atoms with van der Waals surface area (Å²) in [6.45, 7) is -0.940. The largest absolute Gasteiger partial charge is 0.371 e. The number of nitrogens with zero attached hydrogens (tertiary/aromatic N) is 2. The van der Waals surface area contributed by atoms with E-state index in [-0.39, 0.29) is 10.4 Å². The number of fused-ring (bicyclic) bond motifs is 1. The average Bonchev–Trinajstić information content (AvgIpc) is 3.28. The standard InChI is InChI=1S/C22H25N3O3S/c1-24-14-18(16-5-10-23-20(16)21(24)26)17-13-15(29(2,27)28)3-4-19(17)25-11-8-22(6-7-22)9-12-25/h3-5,10,13-14,23H,6-9,11-12H2,1-2H3/i1D3. The molecule has 7 heteroatoms. The summed E-state index contributed by atoms with van der Waals surface area (Å²) in [7, 11) is -3.48. The third-order valence-electron chi connectivity index (χ3n) is 6.54. The Morgan fingerprint density at radius 2 is 1.86 bits per heavy atom. The minimum atomic E-state index is -3.48. The normalized spacial score (nSPS) is 20.4. The average molecular weight is 415 g/mol. The van der Waals surface area contributed by atoms with Gasteiger partial charge in [-0.25, -0.2) is 8.42 Å². The van der Waals surface area contributed by atoms with E-state index in [1.807, 2.05) is 0 Å². The van der Waals surface area contributed by atoms with Gasteiger partial charge in [0.2, 0.25) is 0 Å². The van der Waals surface area contributed by atoms with Crippen LogP contribution in [0.4, 0.5) is 5.69 Å². The number of rotatable bonds is 3. The van der Waals surface area contributed by atoms with Crippen molar-refractivity contribution >= 4 is 26.4 Å². The summed E-state index contributed by atoms with van der Waals surface area (Å²) >= 11 is 0. The Labute approximate surface area is 174 Å². The van der Waals surface area contributed by atoms with Crippen LogP contribution in [0.3, 0.4) is 0 Å². The van der Waals surface area contributed by atoms with Crippen LogP contribution in [0.5, 0.6) is 0 Å². The van der Waals surface area contributed by atoms with Crippen molar-refractivity contribution in [1.82, 2.24) is 9.55 Å². The predicted octanol–water partition coefficient (Wildman–Crippen LogP) is 3.32. The molecule has 0 bridgehead atoms. The Hall–Kier alpha value is -2.54. The highest BCUT2D eigenvalue weighted by atomic mass is 32.2. The second-order valence-corrected chi connectivity index (χ2v) is 10.4. The van der Waals surface area contributed by atoms with Crippen LogP contribution in [0.15, 0.2) is 46.3 Å². The smallest absolute Gasteiger partial charge is 0.274 e. The van der Waals surface area contributed by atoms with Crippen molar-refractivity contribution in [3.8, 4) is 11.1 Å². The number of pyridine rings is 1. The first-order chi connectivity index (χ1) is 15.0. The van der Waals surface area contributed by atoms with E-state index < -0.39 is 22.4 Å². The first-order valence-corrected chi connectivity index (χ1v) is 11.7. The molecule has 2 aromatic heterocycles. The number of hydrogen-bond donors (Lipinski definition) is 1. The zero-order valence-corrected chi connectivity index (χ0v) is 17.1. The summed E-state index contributed by atoms with van der Waals surface area (Å²) in [5, 5.41) is 0.568. The number of sulfone groups is 1. The summed E-state index contributed by atoms with van der Waals surface area (Å²) < 4.78 is 48.9. The minimum absolute atomic E-state index is 0.155. The maximum atomic E-state index is 12.8. The lowest BCUT2D eigenvalue weighted by molar-refractivity contribution is 0.384. The van der Waals surface area contributed by atoms with Crippen molar-refractivity contribution in [1.29, 1.82) is 0 Å². The topological polar surface area (TPSA) is 75.2 Å². The number of piperidine rings is 1. The molecule has 3 heterocycles. The van der Waals surface area contributed by atoms with Gasteiger partial charge in [0.05, 0.1) is 4.90 Å². The number of nitrogens with one attached hydrogen (secondary N) is 1. The summed E-state index contributed by atoms with van der Waals surface area (Å²) in [6.07, 6.45) is 8.81. The van der Waals surface area contributed by atoms with Crippen LogP contribution in [-0.4, -0.2) is 37.3 Å². The van der Waals surface area contributed by atoms with Crippen LogP contribution in [0, 0.1) is 5.41 Å². The zero-order valence-electron chi connectivity index (χ0n) is 19.2. The lowest BCUT2D eigenvalue weighted by Crippen LogP contribution is -2.34. The van der Waals surface area contributed by atoms with Crippen LogP contribution in [0.1, 0.15) is 29.8 Å². The van der Waals surface area contributed by atoms with Crippen LogP contribution < -0.4 is 10.5 Å². The Kier molecular flexibility index (Phi) is 3.29. The van der Waals surface area contributed by atoms with E-state index in [2.05, 4.69) is 9.88 Å². The second kappa shape index (κ2) is 6.23. The number of anilines is 1. The summed E-state index contributed by atoms with van der Waals surface area (Å²) in [6, 6.07) is 6.73. The number of H-pyrrole nitrogens is 1. The van der Waals surface area contributed by atoms with Crippen molar-refractivity contribution in [3.63, 3.8) is 0 Å². The molecule has 2 fully saturated rings. The Balaban J connectivity index is 1.75. The van der Waals surface area contributed by atoms with Gasteiger partial charge in [0.15, 0.2) is 9.84 Å². The molecule has 1 saturated heterocycles. The SMILES string of the molecule is [2H]C([2H])([2H])n1cc(-c2cc(S(C)(=O)=O)ccc2N2CCC3(CC2)CC3)c2cc[nH]c2c1=O. The molecule has 1 aliphatic carbocycles. The van der Waals surface area contributed by atoms with E-state index in [4.69, 9.17) is 4.11 Å². The summed E-state index contributed by atoms with van der Waals surface area (Å²) in [5.41, 5.74) is 2.01. The second-order valence-electron chi connectivity index (χ2n) is 8.42. The quantitative estimate of drug-likeness (QED) is 0.713. The minimum Gasteiger partial charge on any atom is -0.371 e. The van der Waals surface area contributed by atoms with Gasteiger partial charge >= 0.3 is 0 Å².